The fourth-order valence-electron chi connectivity index (χ4n) is 3.70. The molecule has 0 amide bonds. The summed E-state index contributed by atoms with van der Waals surface area (Å²) in [5, 5.41) is 4.17. The minimum Gasteiger partial charge on any atom is -0.489 e. The third-order valence-corrected chi connectivity index (χ3v) is 5.16. The average Bonchev–Trinajstić information content (AvgIpc) is 3.36. The van der Waals surface area contributed by atoms with Gasteiger partial charge in [0.25, 0.3) is 0 Å². The quantitative estimate of drug-likeness (QED) is 0.582. The summed E-state index contributed by atoms with van der Waals surface area (Å²) in [5.41, 5.74) is 3.48. The molecule has 0 aliphatic carbocycles. The molecule has 140 valence electrons. The van der Waals surface area contributed by atoms with Crippen molar-refractivity contribution in [1.82, 2.24) is 10.1 Å². The zero-order valence-electron chi connectivity index (χ0n) is 15.8. The molecule has 2 aromatic carbocycles. The van der Waals surface area contributed by atoms with E-state index in [2.05, 4.69) is 53.4 Å². The topological polar surface area (TPSA) is 38.5 Å². The highest BCUT2D eigenvalue weighted by Gasteiger charge is 2.29. The molecule has 0 unspecified atom stereocenters. The molecule has 1 aliphatic heterocycles. The summed E-state index contributed by atoms with van der Waals surface area (Å²) in [5.74, 6) is 1.92. The fraction of sp³-hybridized carbons (Fsp3) is 0.348. The number of rotatable bonds is 7. The Morgan fingerprint density at radius 3 is 2.74 bits per heavy atom. The van der Waals surface area contributed by atoms with Crippen LogP contribution in [0.4, 0.5) is 0 Å². The molecule has 0 saturated carbocycles. The van der Waals surface area contributed by atoms with Crippen molar-refractivity contribution in [3.05, 3.63) is 83.2 Å². The van der Waals surface area contributed by atoms with E-state index in [1.54, 1.807) is 0 Å². The van der Waals surface area contributed by atoms with Crippen molar-refractivity contribution in [1.29, 1.82) is 0 Å². The number of hydrogen-bond acceptors (Lipinski definition) is 4. The van der Waals surface area contributed by atoms with Crippen LogP contribution < -0.4 is 4.74 Å². The van der Waals surface area contributed by atoms with Crippen molar-refractivity contribution in [3.63, 3.8) is 0 Å². The van der Waals surface area contributed by atoms with Crippen molar-refractivity contribution in [2.45, 2.75) is 45.4 Å². The molecule has 0 radical (unpaired) electrons. The van der Waals surface area contributed by atoms with Gasteiger partial charge in [-0.25, -0.2) is 0 Å². The van der Waals surface area contributed by atoms with Crippen LogP contribution in [0, 0.1) is 0 Å². The van der Waals surface area contributed by atoms with Gasteiger partial charge in [0.05, 0.1) is 11.7 Å². The summed E-state index contributed by atoms with van der Waals surface area (Å²) < 4.78 is 11.6. The van der Waals surface area contributed by atoms with Gasteiger partial charge in [0.1, 0.15) is 12.4 Å². The first kappa shape index (κ1) is 17.8. The molecule has 0 bridgehead atoms. The Morgan fingerprint density at radius 2 is 1.93 bits per heavy atom. The Labute approximate surface area is 160 Å². The van der Waals surface area contributed by atoms with Gasteiger partial charge in [-0.05, 0) is 49.1 Å². The van der Waals surface area contributed by atoms with Gasteiger partial charge in [0.15, 0.2) is 5.76 Å². The molecule has 1 atom stereocenters. The van der Waals surface area contributed by atoms with Gasteiger partial charge in [0, 0.05) is 12.6 Å². The van der Waals surface area contributed by atoms with Crippen LogP contribution in [0.3, 0.4) is 0 Å². The van der Waals surface area contributed by atoms with Crippen LogP contribution in [0.15, 0.2) is 65.2 Å². The van der Waals surface area contributed by atoms with Crippen LogP contribution in [-0.2, 0) is 19.6 Å². The number of ether oxygens (including phenoxy) is 1. The van der Waals surface area contributed by atoms with Crippen LogP contribution in [0.1, 0.15) is 48.4 Å². The normalized spacial score (nSPS) is 17.3. The van der Waals surface area contributed by atoms with Gasteiger partial charge in [-0.1, -0.05) is 54.5 Å². The Kier molecular flexibility index (Phi) is 5.54. The lowest BCUT2D eigenvalue weighted by Crippen LogP contribution is -2.22. The highest BCUT2D eigenvalue weighted by atomic mass is 16.5. The van der Waals surface area contributed by atoms with Gasteiger partial charge in [-0.2, -0.15) is 0 Å². The zero-order valence-corrected chi connectivity index (χ0v) is 15.8. The molecule has 2 heterocycles. The van der Waals surface area contributed by atoms with E-state index in [-0.39, 0.29) is 0 Å². The third-order valence-electron chi connectivity index (χ3n) is 5.16. The molecule has 0 N–H and O–H groups in total. The number of nitrogens with zero attached hydrogens (tertiary/aromatic N) is 2. The molecule has 1 aliphatic rings. The Bertz CT molecular complexity index is 860. The first-order valence-corrected chi connectivity index (χ1v) is 9.77. The van der Waals surface area contributed by atoms with Crippen LogP contribution in [0.2, 0.25) is 0 Å². The van der Waals surface area contributed by atoms with Crippen LogP contribution in [0.25, 0.3) is 0 Å². The van der Waals surface area contributed by atoms with E-state index in [9.17, 15) is 0 Å². The number of benzene rings is 2. The van der Waals surface area contributed by atoms with E-state index in [4.69, 9.17) is 9.26 Å². The predicted octanol–water partition coefficient (Wildman–Crippen LogP) is 5.15. The maximum atomic E-state index is 5.98. The largest absolute Gasteiger partial charge is 0.489 e. The van der Waals surface area contributed by atoms with Crippen molar-refractivity contribution in [3.8, 4) is 5.75 Å². The van der Waals surface area contributed by atoms with Crippen LogP contribution >= 0.6 is 0 Å². The third kappa shape index (κ3) is 4.40. The minimum atomic E-state index is 0.326. The maximum Gasteiger partial charge on any atom is 0.154 e. The second-order valence-corrected chi connectivity index (χ2v) is 7.12. The second-order valence-electron chi connectivity index (χ2n) is 7.12. The lowest BCUT2D eigenvalue weighted by Gasteiger charge is -2.22. The molecule has 1 aromatic heterocycles. The van der Waals surface area contributed by atoms with E-state index in [0.717, 1.165) is 43.1 Å². The van der Waals surface area contributed by atoms with Gasteiger partial charge in [0.2, 0.25) is 0 Å². The van der Waals surface area contributed by atoms with E-state index in [0.29, 0.717) is 12.6 Å². The summed E-state index contributed by atoms with van der Waals surface area (Å²) in [7, 11) is 0. The number of likely N-dealkylation sites (tertiary alicyclic amines) is 1. The zero-order chi connectivity index (χ0) is 18.5. The van der Waals surface area contributed by atoms with Gasteiger partial charge in [-0.15, -0.1) is 0 Å². The number of aryl methyl sites for hydroxylation is 1. The molecular weight excluding hydrogens is 336 g/mol. The Balaban J connectivity index is 1.41. The molecule has 0 spiro atoms. The van der Waals surface area contributed by atoms with Crippen molar-refractivity contribution >= 4 is 0 Å². The Morgan fingerprint density at radius 1 is 1.07 bits per heavy atom. The lowest BCUT2D eigenvalue weighted by atomic mass is 10.1. The lowest BCUT2D eigenvalue weighted by molar-refractivity contribution is 0.206. The minimum absolute atomic E-state index is 0.326. The average molecular weight is 362 g/mol. The molecule has 4 rings (SSSR count). The first-order valence-electron chi connectivity index (χ1n) is 9.77. The molecule has 1 saturated heterocycles. The SMILES string of the molecule is CCc1cc([C@@H]2CCCN2Cc2cccc(OCc3ccccc3)c2)on1. The highest BCUT2D eigenvalue weighted by Crippen LogP contribution is 2.34. The van der Waals surface area contributed by atoms with E-state index < -0.39 is 0 Å². The van der Waals surface area contributed by atoms with Crippen LogP contribution in [-0.4, -0.2) is 16.6 Å². The van der Waals surface area contributed by atoms with E-state index in [1.807, 2.05) is 24.3 Å². The predicted molar refractivity (Wildman–Crippen MR) is 105 cm³/mol. The monoisotopic (exact) mass is 362 g/mol. The molecule has 4 nitrogen and oxygen atoms in total. The van der Waals surface area contributed by atoms with E-state index >= 15 is 0 Å². The summed E-state index contributed by atoms with van der Waals surface area (Å²) in [6.45, 7) is 4.68. The van der Waals surface area contributed by atoms with Crippen LogP contribution in [0.5, 0.6) is 5.75 Å². The highest BCUT2D eigenvalue weighted by molar-refractivity contribution is 5.29. The molecule has 3 aromatic rings. The summed E-state index contributed by atoms with van der Waals surface area (Å²) in [6.07, 6.45) is 3.23. The first-order chi connectivity index (χ1) is 13.3. The van der Waals surface area contributed by atoms with Gasteiger partial charge < -0.3 is 9.26 Å². The summed E-state index contributed by atoms with van der Waals surface area (Å²) >= 11 is 0. The smallest absolute Gasteiger partial charge is 0.154 e. The standard InChI is InChI=1S/C23H26N2O2/c1-2-20-15-23(27-24-20)22-12-7-13-25(22)16-19-10-6-11-21(14-19)26-17-18-8-4-3-5-9-18/h3-6,8-11,14-15,22H,2,7,12-13,16-17H2,1H3/t22-/m0/s1. The maximum absolute atomic E-state index is 5.98. The van der Waals surface area contributed by atoms with Crippen molar-refractivity contribution < 1.29 is 9.26 Å². The molecule has 4 heteroatoms. The van der Waals surface area contributed by atoms with Gasteiger partial charge >= 0.3 is 0 Å². The van der Waals surface area contributed by atoms with Crippen molar-refractivity contribution in [2.75, 3.05) is 6.54 Å². The second kappa shape index (κ2) is 8.40. The molecular formula is C23H26N2O2. The summed E-state index contributed by atoms with van der Waals surface area (Å²) in [6, 6.07) is 21.1. The van der Waals surface area contributed by atoms with Gasteiger partial charge in [-0.3, -0.25) is 4.90 Å². The number of aromatic nitrogens is 1. The molecule has 1 fully saturated rings. The van der Waals surface area contributed by atoms with E-state index in [1.165, 1.54) is 17.5 Å². The number of hydrogen-bond donors (Lipinski definition) is 0. The summed E-state index contributed by atoms with van der Waals surface area (Å²) in [4.78, 5) is 2.48. The molecule has 27 heavy (non-hydrogen) atoms. The fourth-order valence-corrected chi connectivity index (χ4v) is 3.70. The Hall–Kier alpha value is -2.59. The van der Waals surface area contributed by atoms with Crippen molar-refractivity contribution in [2.24, 2.45) is 0 Å².